The molecule has 21 heavy (non-hydrogen) atoms. The molecule has 0 heterocycles. The Labute approximate surface area is 135 Å². The highest BCUT2D eigenvalue weighted by Gasteiger charge is 2.21. The molecule has 1 amide bonds. The van der Waals surface area contributed by atoms with Crippen LogP contribution in [0.25, 0.3) is 0 Å². The Balaban J connectivity index is 2.83. The van der Waals surface area contributed by atoms with Crippen LogP contribution in [0.2, 0.25) is 0 Å². The molecule has 1 aromatic rings. The zero-order valence-corrected chi connectivity index (χ0v) is 15.0. The van der Waals surface area contributed by atoms with E-state index in [1.807, 2.05) is 18.2 Å². The van der Waals surface area contributed by atoms with Crippen molar-refractivity contribution in [2.24, 2.45) is 5.92 Å². The number of hydrogen-bond acceptors (Lipinski definition) is 3. The van der Waals surface area contributed by atoms with Crippen LogP contribution in [-0.2, 0) is 4.79 Å². The topological polar surface area (TPSA) is 50.4 Å². The van der Waals surface area contributed by atoms with E-state index in [4.69, 9.17) is 4.74 Å². The van der Waals surface area contributed by atoms with E-state index in [1.54, 1.807) is 14.2 Å². The lowest BCUT2D eigenvalue weighted by atomic mass is 10.0. The number of rotatable bonds is 7. The third kappa shape index (κ3) is 5.32. The quantitative estimate of drug-likeness (QED) is 0.788. The summed E-state index contributed by atoms with van der Waals surface area (Å²) < 4.78 is 6.15. The number of benzene rings is 1. The van der Waals surface area contributed by atoms with Crippen LogP contribution in [0, 0.1) is 5.92 Å². The molecular weight excluding hydrogens is 332 g/mol. The minimum atomic E-state index is -0.189. The molecule has 0 saturated heterocycles. The van der Waals surface area contributed by atoms with Gasteiger partial charge in [-0.3, -0.25) is 10.1 Å². The normalized spacial score (nSPS) is 13.9. The van der Waals surface area contributed by atoms with E-state index in [-0.39, 0.29) is 18.0 Å². The standard InChI is InChI=1S/C16H25BrN2O2/c1-10(2)8-14(16(20)18-4)19-11(3)12-6-7-15(21-5)13(17)9-12/h6-7,9-11,14,19H,8H2,1-5H3,(H,18,20). The van der Waals surface area contributed by atoms with Crippen molar-refractivity contribution in [2.75, 3.05) is 14.2 Å². The lowest BCUT2D eigenvalue weighted by molar-refractivity contribution is -0.123. The smallest absolute Gasteiger partial charge is 0.236 e. The summed E-state index contributed by atoms with van der Waals surface area (Å²) in [6.07, 6.45) is 0.807. The van der Waals surface area contributed by atoms with Crippen molar-refractivity contribution in [3.8, 4) is 5.75 Å². The Morgan fingerprint density at radius 1 is 1.33 bits per heavy atom. The van der Waals surface area contributed by atoms with E-state index in [0.717, 1.165) is 22.2 Å². The second-order valence-electron chi connectivity index (χ2n) is 5.58. The van der Waals surface area contributed by atoms with Gasteiger partial charge in [0.05, 0.1) is 17.6 Å². The summed E-state index contributed by atoms with van der Waals surface area (Å²) in [7, 11) is 3.32. The van der Waals surface area contributed by atoms with E-state index in [2.05, 4.69) is 47.3 Å². The average molecular weight is 357 g/mol. The maximum absolute atomic E-state index is 12.0. The summed E-state index contributed by atoms with van der Waals surface area (Å²) in [5.41, 5.74) is 1.11. The summed E-state index contributed by atoms with van der Waals surface area (Å²) >= 11 is 3.49. The number of carbonyl (C=O) groups is 1. The van der Waals surface area contributed by atoms with Crippen LogP contribution >= 0.6 is 15.9 Å². The van der Waals surface area contributed by atoms with Crippen molar-refractivity contribution >= 4 is 21.8 Å². The number of nitrogens with one attached hydrogen (secondary N) is 2. The predicted molar refractivity (Wildman–Crippen MR) is 89.6 cm³/mol. The summed E-state index contributed by atoms with van der Waals surface area (Å²) in [5.74, 6) is 1.29. The van der Waals surface area contributed by atoms with E-state index in [0.29, 0.717) is 5.92 Å². The summed E-state index contributed by atoms with van der Waals surface area (Å²) in [6, 6.07) is 5.85. The van der Waals surface area contributed by atoms with E-state index in [9.17, 15) is 4.79 Å². The van der Waals surface area contributed by atoms with Crippen LogP contribution in [0.5, 0.6) is 5.75 Å². The first-order valence-corrected chi connectivity index (χ1v) is 7.99. The monoisotopic (exact) mass is 356 g/mol. The predicted octanol–water partition coefficient (Wildman–Crippen LogP) is 3.27. The molecule has 4 nitrogen and oxygen atoms in total. The zero-order chi connectivity index (χ0) is 16.0. The van der Waals surface area contributed by atoms with Gasteiger partial charge in [0.1, 0.15) is 5.75 Å². The second kappa shape index (κ2) is 8.39. The molecule has 1 aromatic carbocycles. The fraction of sp³-hybridized carbons (Fsp3) is 0.562. The SMILES string of the molecule is CNC(=O)C(CC(C)C)NC(C)c1ccc(OC)c(Br)c1. The number of ether oxygens (including phenoxy) is 1. The molecule has 0 aliphatic heterocycles. The van der Waals surface area contributed by atoms with Crippen molar-refractivity contribution in [1.29, 1.82) is 0 Å². The third-order valence-electron chi connectivity index (χ3n) is 3.40. The van der Waals surface area contributed by atoms with E-state index in [1.165, 1.54) is 0 Å². The van der Waals surface area contributed by atoms with Crippen LogP contribution in [0.15, 0.2) is 22.7 Å². The lowest BCUT2D eigenvalue weighted by Gasteiger charge is -2.24. The van der Waals surface area contributed by atoms with Gasteiger partial charge in [0.2, 0.25) is 5.91 Å². The maximum atomic E-state index is 12.0. The molecule has 118 valence electrons. The minimum absolute atomic E-state index is 0.0307. The van der Waals surface area contributed by atoms with E-state index >= 15 is 0 Å². The molecule has 0 fully saturated rings. The highest BCUT2D eigenvalue weighted by atomic mass is 79.9. The molecule has 0 saturated carbocycles. The Bertz CT molecular complexity index is 477. The average Bonchev–Trinajstić information content (AvgIpc) is 2.44. The van der Waals surface area contributed by atoms with Gasteiger partial charge >= 0.3 is 0 Å². The molecule has 0 aliphatic carbocycles. The van der Waals surface area contributed by atoms with Crippen LogP contribution in [0.1, 0.15) is 38.8 Å². The third-order valence-corrected chi connectivity index (χ3v) is 4.02. The summed E-state index contributed by atoms with van der Waals surface area (Å²) in [5, 5.41) is 6.13. The zero-order valence-electron chi connectivity index (χ0n) is 13.4. The van der Waals surface area contributed by atoms with Crippen molar-refractivity contribution in [2.45, 2.75) is 39.3 Å². The molecular formula is C16H25BrN2O2. The molecule has 0 aliphatic rings. The van der Waals surface area contributed by atoms with Crippen molar-refractivity contribution in [3.05, 3.63) is 28.2 Å². The minimum Gasteiger partial charge on any atom is -0.496 e. The van der Waals surface area contributed by atoms with Gasteiger partial charge in [-0.1, -0.05) is 19.9 Å². The Morgan fingerprint density at radius 2 is 2.00 bits per heavy atom. The van der Waals surface area contributed by atoms with Crippen LogP contribution in [0.4, 0.5) is 0 Å². The molecule has 2 atom stereocenters. The summed E-state index contributed by atoms with van der Waals surface area (Å²) in [6.45, 7) is 6.29. The molecule has 1 rings (SSSR count). The van der Waals surface area contributed by atoms with Gasteiger partial charge in [0.15, 0.2) is 0 Å². The Hall–Kier alpha value is -1.07. The maximum Gasteiger partial charge on any atom is 0.236 e. The van der Waals surface area contributed by atoms with Gasteiger partial charge < -0.3 is 10.1 Å². The number of methoxy groups -OCH3 is 1. The highest BCUT2D eigenvalue weighted by molar-refractivity contribution is 9.10. The van der Waals surface area contributed by atoms with Gasteiger partial charge in [0.25, 0.3) is 0 Å². The van der Waals surface area contributed by atoms with Gasteiger partial charge in [0, 0.05) is 13.1 Å². The largest absolute Gasteiger partial charge is 0.496 e. The van der Waals surface area contributed by atoms with Crippen LogP contribution in [0.3, 0.4) is 0 Å². The fourth-order valence-corrected chi connectivity index (χ4v) is 2.80. The van der Waals surface area contributed by atoms with Gasteiger partial charge in [-0.25, -0.2) is 0 Å². The molecule has 0 aromatic heterocycles. The molecule has 0 spiro atoms. The van der Waals surface area contributed by atoms with Gasteiger partial charge in [-0.05, 0) is 52.9 Å². The van der Waals surface area contributed by atoms with Gasteiger partial charge in [-0.15, -0.1) is 0 Å². The fourth-order valence-electron chi connectivity index (χ4n) is 2.25. The second-order valence-corrected chi connectivity index (χ2v) is 6.43. The number of likely N-dealkylation sites (N-methyl/N-ethyl adjacent to an activating group) is 1. The first-order valence-electron chi connectivity index (χ1n) is 7.20. The number of amides is 1. The van der Waals surface area contributed by atoms with Crippen molar-refractivity contribution < 1.29 is 9.53 Å². The summed E-state index contributed by atoms with van der Waals surface area (Å²) in [4.78, 5) is 12.0. The lowest BCUT2D eigenvalue weighted by Crippen LogP contribution is -2.44. The Kier molecular flexibility index (Phi) is 7.18. The van der Waals surface area contributed by atoms with Gasteiger partial charge in [-0.2, -0.15) is 0 Å². The number of halogens is 1. The molecule has 0 bridgehead atoms. The molecule has 2 N–H and O–H groups in total. The number of hydrogen-bond donors (Lipinski definition) is 2. The Morgan fingerprint density at radius 3 is 2.48 bits per heavy atom. The van der Waals surface area contributed by atoms with Crippen LogP contribution in [-0.4, -0.2) is 26.1 Å². The number of carbonyl (C=O) groups excluding carboxylic acids is 1. The first kappa shape index (κ1) is 18.0. The highest BCUT2D eigenvalue weighted by Crippen LogP contribution is 2.28. The first-order chi connectivity index (χ1) is 9.88. The molecule has 0 radical (unpaired) electrons. The van der Waals surface area contributed by atoms with E-state index < -0.39 is 0 Å². The molecule has 2 unspecified atom stereocenters. The molecule has 5 heteroatoms. The van der Waals surface area contributed by atoms with Crippen molar-refractivity contribution in [3.63, 3.8) is 0 Å². The van der Waals surface area contributed by atoms with Crippen molar-refractivity contribution in [1.82, 2.24) is 10.6 Å². The van der Waals surface area contributed by atoms with Crippen LogP contribution < -0.4 is 15.4 Å².